The molecule has 0 saturated carbocycles. The number of amides is 2. The van der Waals surface area contributed by atoms with Gasteiger partial charge in [-0.05, 0) is 54.8 Å². The molecule has 0 fully saturated rings. The first-order chi connectivity index (χ1) is 19.0. The van der Waals surface area contributed by atoms with Gasteiger partial charge >= 0.3 is 0 Å². The Morgan fingerprint density at radius 3 is 2.20 bits per heavy atom. The number of hydrogen-bond donors (Lipinski definition) is 1. The zero-order chi connectivity index (χ0) is 29.4. The molecule has 0 aliphatic rings. The maximum atomic E-state index is 14.0. The molecule has 0 radical (unpaired) electrons. The summed E-state index contributed by atoms with van der Waals surface area (Å²) >= 11 is 25.0. The van der Waals surface area contributed by atoms with Crippen LogP contribution >= 0.6 is 46.4 Å². The van der Waals surface area contributed by atoms with Crippen LogP contribution in [0, 0.1) is 0 Å². The van der Waals surface area contributed by atoms with E-state index >= 15 is 0 Å². The van der Waals surface area contributed by atoms with Crippen LogP contribution in [0.4, 0.5) is 5.69 Å². The van der Waals surface area contributed by atoms with Crippen LogP contribution in [-0.4, -0.2) is 44.3 Å². The zero-order valence-corrected chi connectivity index (χ0v) is 25.8. The molecule has 0 aliphatic carbocycles. The maximum absolute atomic E-state index is 14.0. The van der Waals surface area contributed by atoms with Crippen molar-refractivity contribution in [2.45, 2.75) is 44.2 Å². The van der Waals surface area contributed by atoms with E-state index in [1.165, 1.54) is 29.2 Å². The van der Waals surface area contributed by atoms with Gasteiger partial charge in [0.25, 0.3) is 10.0 Å². The Balaban J connectivity index is 2.09. The first-order valence-corrected chi connectivity index (χ1v) is 15.5. The number of benzene rings is 3. The number of sulfonamides is 1. The molecule has 0 spiro atoms. The summed E-state index contributed by atoms with van der Waals surface area (Å²) in [6.07, 6.45) is 0.991. The average Bonchev–Trinajstić information content (AvgIpc) is 2.94. The fourth-order valence-electron chi connectivity index (χ4n) is 4.04. The number of rotatable bonds is 12. The van der Waals surface area contributed by atoms with Gasteiger partial charge in [0, 0.05) is 13.1 Å². The van der Waals surface area contributed by atoms with E-state index in [9.17, 15) is 18.0 Å². The normalized spacial score (nSPS) is 12.1. The molecule has 0 bridgehead atoms. The molecule has 0 heterocycles. The lowest BCUT2D eigenvalue weighted by molar-refractivity contribution is -0.140. The topological polar surface area (TPSA) is 86.8 Å². The number of carbonyl (C=O) groups excluding carboxylic acids is 2. The third kappa shape index (κ3) is 7.62. The molecule has 7 nitrogen and oxygen atoms in total. The summed E-state index contributed by atoms with van der Waals surface area (Å²) in [4.78, 5) is 28.5. The van der Waals surface area contributed by atoms with Gasteiger partial charge < -0.3 is 10.2 Å². The molecule has 0 aliphatic heterocycles. The van der Waals surface area contributed by atoms with Crippen LogP contribution < -0.4 is 9.62 Å². The fourth-order valence-corrected chi connectivity index (χ4v) is 6.25. The van der Waals surface area contributed by atoms with E-state index < -0.39 is 28.5 Å². The van der Waals surface area contributed by atoms with Gasteiger partial charge in [-0.15, -0.1) is 0 Å². The first-order valence-electron chi connectivity index (χ1n) is 12.5. The van der Waals surface area contributed by atoms with Gasteiger partial charge in [0.2, 0.25) is 11.8 Å². The number of anilines is 1. The number of carbonyl (C=O) groups is 2. The predicted octanol–water partition coefficient (Wildman–Crippen LogP) is 6.83. The Kier molecular flexibility index (Phi) is 11.5. The Labute approximate surface area is 255 Å². The van der Waals surface area contributed by atoms with Crippen molar-refractivity contribution in [2.75, 3.05) is 17.4 Å². The SMILES string of the molecule is CCCNC(=O)C(CC)N(Cc1ccc(Cl)c(Cl)c1)C(=O)CN(c1cccc(Cl)c1Cl)S(=O)(=O)c1ccccc1. The standard InChI is InChI=1S/C28H29Cl4N3O4S/c1-3-15-33-28(37)24(4-2)34(17-19-13-14-21(29)23(31)16-19)26(36)18-35(25-12-8-11-22(30)27(25)32)40(38,39)20-9-6-5-7-10-20/h5-14,16,24H,3-4,15,17-18H2,1-2H3,(H,33,37). The second-order valence-electron chi connectivity index (χ2n) is 8.88. The van der Waals surface area contributed by atoms with E-state index in [0.717, 1.165) is 4.31 Å². The molecular formula is C28H29Cl4N3O4S. The first kappa shape index (κ1) is 32.0. The summed E-state index contributed by atoms with van der Waals surface area (Å²) in [6.45, 7) is 3.46. The van der Waals surface area contributed by atoms with Crippen LogP contribution in [0.15, 0.2) is 71.6 Å². The predicted molar refractivity (Wildman–Crippen MR) is 162 cm³/mol. The molecule has 1 unspecified atom stereocenters. The van der Waals surface area contributed by atoms with Crippen molar-refractivity contribution < 1.29 is 18.0 Å². The highest BCUT2D eigenvalue weighted by Gasteiger charge is 2.34. The van der Waals surface area contributed by atoms with Gasteiger partial charge in [-0.1, -0.05) is 90.6 Å². The van der Waals surface area contributed by atoms with Crippen LogP contribution in [0.1, 0.15) is 32.3 Å². The molecular weight excluding hydrogens is 616 g/mol. The fraction of sp³-hybridized carbons (Fsp3) is 0.286. The zero-order valence-electron chi connectivity index (χ0n) is 21.9. The number of nitrogens with one attached hydrogen (secondary N) is 1. The summed E-state index contributed by atoms with van der Waals surface area (Å²) < 4.78 is 28.6. The van der Waals surface area contributed by atoms with Crippen molar-refractivity contribution in [1.82, 2.24) is 10.2 Å². The second-order valence-corrected chi connectivity index (χ2v) is 12.3. The van der Waals surface area contributed by atoms with Crippen molar-refractivity contribution in [3.63, 3.8) is 0 Å². The summed E-state index contributed by atoms with van der Waals surface area (Å²) in [5, 5.41) is 3.55. The van der Waals surface area contributed by atoms with Gasteiger partial charge in [0.15, 0.2) is 0 Å². The van der Waals surface area contributed by atoms with Crippen molar-refractivity contribution >= 4 is 73.9 Å². The summed E-state index contributed by atoms with van der Waals surface area (Å²) in [6, 6.07) is 16.2. The van der Waals surface area contributed by atoms with Crippen LogP contribution in [0.2, 0.25) is 20.1 Å². The lowest BCUT2D eigenvalue weighted by Gasteiger charge is -2.33. The van der Waals surface area contributed by atoms with Gasteiger partial charge in [-0.25, -0.2) is 8.42 Å². The Morgan fingerprint density at radius 2 is 1.57 bits per heavy atom. The molecule has 2 amide bonds. The minimum Gasteiger partial charge on any atom is -0.354 e. The minimum absolute atomic E-state index is 0.0176. The average molecular weight is 645 g/mol. The third-order valence-electron chi connectivity index (χ3n) is 6.08. The van der Waals surface area contributed by atoms with Crippen molar-refractivity contribution in [2.24, 2.45) is 0 Å². The van der Waals surface area contributed by atoms with Crippen molar-refractivity contribution in [3.05, 3.63) is 92.4 Å². The van der Waals surface area contributed by atoms with Crippen LogP contribution in [0.3, 0.4) is 0 Å². The van der Waals surface area contributed by atoms with Crippen LogP contribution in [0.5, 0.6) is 0 Å². The molecule has 214 valence electrons. The Bertz CT molecular complexity index is 1460. The van der Waals surface area contributed by atoms with E-state index in [-0.39, 0.29) is 44.5 Å². The summed E-state index contributed by atoms with van der Waals surface area (Å²) in [5.41, 5.74) is 0.645. The number of halogens is 4. The minimum atomic E-state index is -4.27. The summed E-state index contributed by atoms with van der Waals surface area (Å²) in [7, 11) is -4.27. The molecule has 1 atom stereocenters. The van der Waals surface area contributed by atoms with Crippen LogP contribution in [0.25, 0.3) is 0 Å². The molecule has 3 rings (SSSR count). The van der Waals surface area contributed by atoms with Crippen molar-refractivity contribution in [1.29, 1.82) is 0 Å². The molecule has 3 aromatic carbocycles. The third-order valence-corrected chi connectivity index (χ3v) is 9.40. The Hall–Kier alpha value is -2.49. The second kappa shape index (κ2) is 14.4. The maximum Gasteiger partial charge on any atom is 0.264 e. The van der Waals surface area contributed by atoms with E-state index in [4.69, 9.17) is 46.4 Å². The highest BCUT2D eigenvalue weighted by Crippen LogP contribution is 2.35. The molecule has 3 aromatic rings. The molecule has 12 heteroatoms. The number of nitrogens with zero attached hydrogens (tertiary/aromatic N) is 2. The Morgan fingerprint density at radius 1 is 0.875 bits per heavy atom. The van der Waals surface area contributed by atoms with E-state index in [1.54, 1.807) is 49.4 Å². The monoisotopic (exact) mass is 643 g/mol. The molecule has 0 aromatic heterocycles. The van der Waals surface area contributed by atoms with E-state index in [2.05, 4.69) is 5.32 Å². The quantitative estimate of drug-likeness (QED) is 0.234. The van der Waals surface area contributed by atoms with E-state index in [1.807, 2.05) is 6.92 Å². The van der Waals surface area contributed by atoms with Gasteiger partial charge in [0.1, 0.15) is 12.6 Å². The highest BCUT2D eigenvalue weighted by molar-refractivity contribution is 7.92. The highest BCUT2D eigenvalue weighted by atomic mass is 35.5. The largest absolute Gasteiger partial charge is 0.354 e. The lowest BCUT2D eigenvalue weighted by Crippen LogP contribution is -2.52. The lowest BCUT2D eigenvalue weighted by atomic mass is 10.1. The molecule has 0 saturated heterocycles. The van der Waals surface area contributed by atoms with Gasteiger partial charge in [-0.3, -0.25) is 13.9 Å². The van der Waals surface area contributed by atoms with Crippen LogP contribution in [-0.2, 0) is 26.2 Å². The summed E-state index contributed by atoms with van der Waals surface area (Å²) in [5.74, 6) is -0.976. The molecule has 40 heavy (non-hydrogen) atoms. The number of hydrogen-bond acceptors (Lipinski definition) is 4. The molecule has 1 N–H and O–H groups in total. The van der Waals surface area contributed by atoms with Gasteiger partial charge in [0.05, 0.1) is 30.7 Å². The smallest absolute Gasteiger partial charge is 0.264 e. The van der Waals surface area contributed by atoms with E-state index in [0.29, 0.717) is 23.6 Å². The van der Waals surface area contributed by atoms with Gasteiger partial charge in [-0.2, -0.15) is 0 Å². The van der Waals surface area contributed by atoms with Crippen molar-refractivity contribution in [3.8, 4) is 0 Å².